The number of carbonyl (C=O) groups excluding carboxylic acids is 4. The van der Waals surface area contributed by atoms with Gasteiger partial charge < -0.3 is 40.0 Å². The van der Waals surface area contributed by atoms with Crippen LogP contribution in [-0.2, 0) is 33.3 Å². The molecule has 3 aliphatic heterocycles. The molecule has 0 aromatic carbocycles. The zero-order chi connectivity index (χ0) is 36.0. The third-order valence-electron chi connectivity index (χ3n) is 9.91. The van der Waals surface area contributed by atoms with Gasteiger partial charge in [0.2, 0.25) is 11.8 Å². The summed E-state index contributed by atoms with van der Waals surface area (Å²) >= 11 is 0. The molecule has 9 atom stereocenters. The molecule has 4 heterocycles. The van der Waals surface area contributed by atoms with Crippen molar-refractivity contribution in [3.63, 3.8) is 0 Å². The van der Waals surface area contributed by atoms with Crippen LogP contribution in [0.4, 0.5) is 4.79 Å². The minimum atomic E-state index is -0.841. The summed E-state index contributed by atoms with van der Waals surface area (Å²) in [5.74, 6) is -0.596. The molecule has 5 rings (SSSR count). The van der Waals surface area contributed by atoms with Crippen molar-refractivity contribution in [1.82, 2.24) is 25.5 Å². The fraction of sp³-hybridized carbons (Fsp3) is 0.639. The molecule has 1 unspecified atom stereocenters. The molecule has 50 heavy (non-hydrogen) atoms. The maximum atomic E-state index is 12.9. The number of nitrogens with one attached hydrogen (secondary N) is 3. The molecule has 3 saturated heterocycles. The molecule has 1 aliphatic carbocycles. The Morgan fingerprint density at radius 2 is 1.82 bits per heavy atom. The number of esters is 1. The lowest BCUT2D eigenvalue weighted by atomic mass is 9.85. The summed E-state index contributed by atoms with van der Waals surface area (Å²) in [6.45, 7) is 9.48. The van der Waals surface area contributed by atoms with Gasteiger partial charge in [0.05, 0.1) is 37.4 Å². The predicted octanol–water partition coefficient (Wildman–Crippen LogP) is 2.46. The average Bonchev–Trinajstić information content (AvgIpc) is 3.57. The van der Waals surface area contributed by atoms with Gasteiger partial charge in [-0.15, -0.1) is 0 Å². The number of amides is 3. The highest BCUT2D eigenvalue weighted by atomic mass is 16.6. The fourth-order valence-corrected chi connectivity index (χ4v) is 6.86. The summed E-state index contributed by atoms with van der Waals surface area (Å²) in [5, 5.41) is 20.0. The molecule has 1 aromatic heterocycles. The molecule has 1 aromatic rings. The molecule has 1 saturated carbocycles. The number of aliphatic hydroxyl groups excluding tert-OH is 1. The van der Waals surface area contributed by atoms with Crippen molar-refractivity contribution >= 4 is 23.8 Å². The van der Waals surface area contributed by atoms with Crippen molar-refractivity contribution in [2.75, 3.05) is 6.61 Å². The van der Waals surface area contributed by atoms with E-state index in [0.29, 0.717) is 32.3 Å². The molecule has 274 valence electrons. The van der Waals surface area contributed by atoms with Crippen molar-refractivity contribution in [3.8, 4) is 0 Å². The minimum absolute atomic E-state index is 0.00956. The second kappa shape index (κ2) is 16.4. The van der Waals surface area contributed by atoms with Crippen LogP contribution < -0.4 is 16.0 Å². The number of aromatic nitrogens is 2. The first-order valence-electron chi connectivity index (χ1n) is 17.5. The summed E-state index contributed by atoms with van der Waals surface area (Å²) in [5.41, 5.74) is 0.288. The Kier molecular flexibility index (Phi) is 12.3. The van der Waals surface area contributed by atoms with E-state index in [1.165, 1.54) is 23.9 Å². The SMILES string of the molecule is CC(=O)OC(C)C=CC(=O)N[C@@H]1C[C@H](C)[C@H](C/C=C(C)/C=C/[C@H]2O[C@H](CC(=O)NC3CC(NC(=O)n4ccnc4)C3)C[C@@]3(CO3)[C@@H]2O)O[C@@H]1C. The second-order valence-electron chi connectivity index (χ2n) is 14.2. The Morgan fingerprint density at radius 3 is 2.50 bits per heavy atom. The molecule has 3 amide bonds. The quantitative estimate of drug-likeness (QED) is 0.110. The van der Waals surface area contributed by atoms with E-state index in [0.717, 1.165) is 12.0 Å². The summed E-state index contributed by atoms with van der Waals surface area (Å²) in [6.07, 6.45) is 14.1. The first-order chi connectivity index (χ1) is 23.8. The van der Waals surface area contributed by atoms with E-state index < -0.39 is 36.0 Å². The first kappa shape index (κ1) is 37.4. The van der Waals surface area contributed by atoms with Gasteiger partial charge in [0.25, 0.3) is 0 Å². The number of rotatable bonds is 12. The number of hydrogen-bond donors (Lipinski definition) is 4. The van der Waals surface area contributed by atoms with E-state index in [4.69, 9.17) is 18.9 Å². The Hall–Kier alpha value is -3.85. The lowest BCUT2D eigenvalue weighted by molar-refractivity contribution is -0.146. The average molecular weight is 698 g/mol. The molecule has 14 heteroatoms. The first-order valence-corrected chi connectivity index (χ1v) is 17.5. The monoisotopic (exact) mass is 697 g/mol. The molecule has 4 N–H and O–H groups in total. The van der Waals surface area contributed by atoms with Gasteiger partial charge in [0.15, 0.2) is 0 Å². The second-order valence-corrected chi connectivity index (χ2v) is 14.2. The highest BCUT2D eigenvalue weighted by Crippen LogP contribution is 2.43. The smallest absolute Gasteiger partial charge is 0.327 e. The molecule has 0 radical (unpaired) electrons. The number of allylic oxidation sites excluding steroid dienone is 2. The summed E-state index contributed by atoms with van der Waals surface area (Å²) < 4.78 is 24.6. The number of epoxide rings is 1. The molecular formula is C36H51N5O9. The Morgan fingerprint density at radius 1 is 1.08 bits per heavy atom. The molecule has 4 aliphatic rings. The largest absolute Gasteiger partial charge is 0.459 e. The van der Waals surface area contributed by atoms with Crippen molar-refractivity contribution < 1.29 is 43.2 Å². The lowest BCUT2D eigenvalue weighted by Gasteiger charge is -2.39. The predicted molar refractivity (Wildman–Crippen MR) is 182 cm³/mol. The van der Waals surface area contributed by atoms with Crippen molar-refractivity contribution in [3.05, 3.63) is 54.7 Å². The number of carbonyl (C=O) groups is 4. The highest BCUT2D eigenvalue weighted by molar-refractivity contribution is 5.87. The normalized spacial score (nSPS) is 34.6. The molecule has 1 spiro atoms. The summed E-state index contributed by atoms with van der Waals surface area (Å²) in [7, 11) is 0. The van der Waals surface area contributed by atoms with E-state index in [9.17, 15) is 24.3 Å². The van der Waals surface area contributed by atoms with Crippen LogP contribution in [0.3, 0.4) is 0 Å². The van der Waals surface area contributed by atoms with Crippen LogP contribution in [-0.4, -0.2) is 105 Å². The maximum absolute atomic E-state index is 12.9. The zero-order valence-corrected chi connectivity index (χ0v) is 29.4. The maximum Gasteiger partial charge on any atom is 0.327 e. The minimum Gasteiger partial charge on any atom is -0.459 e. The van der Waals surface area contributed by atoms with Crippen LogP contribution >= 0.6 is 0 Å². The Labute approximate surface area is 293 Å². The van der Waals surface area contributed by atoms with Crippen molar-refractivity contribution in [2.45, 2.75) is 133 Å². The third kappa shape index (κ3) is 10.1. The topological polar surface area (TPSA) is 183 Å². The molecule has 4 fully saturated rings. The number of nitrogens with zero attached hydrogens (tertiary/aromatic N) is 2. The van der Waals surface area contributed by atoms with Crippen LogP contribution in [0.1, 0.15) is 73.1 Å². The van der Waals surface area contributed by atoms with E-state index in [1.54, 1.807) is 25.4 Å². The third-order valence-corrected chi connectivity index (χ3v) is 9.91. The molecular weight excluding hydrogens is 646 g/mol. The standard InChI is InChI=1S/C36H51N5O9/c1-21(6-9-30-22(2)14-29(24(4)49-30)40-32(43)11-8-23(3)48-25(5)42)7-10-31-34(45)36(19-47-36)18-28(50-31)17-33(44)38-26-15-27(16-26)39-35(46)41-13-12-37-20-41/h6-8,10-13,20,22-24,26-31,34,45H,9,14-19H2,1-5H3,(H,38,44)(H,39,46)(H,40,43)/b10-7+,11-8?,21-6+/t22-,23?,24+,26?,27?,28+,29+,30-,31+,34+,36+/m0/s1. The summed E-state index contributed by atoms with van der Waals surface area (Å²) in [4.78, 5) is 52.5. The van der Waals surface area contributed by atoms with Gasteiger partial charge in [-0.05, 0) is 58.4 Å². The fourth-order valence-electron chi connectivity index (χ4n) is 6.86. The number of imidazole rings is 1. The van der Waals surface area contributed by atoms with Gasteiger partial charge in [0.1, 0.15) is 30.2 Å². The van der Waals surface area contributed by atoms with Gasteiger partial charge in [-0.1, -0.05) is 30.7 Å². The van der Waals surface area contributed by atoms with Gasteiger partial charge in [-0.25, -0.2) is 9.78 Å². The zero-order valence-electron chi connectivity index (χ0n) is 29.4. The highest BCUT2D eigenvalue weighted by Gasteiger charge is 2.58. The van der Waals surface area contributed by atoms with Crippen molar-refractivity contribution in [1.29, 1.82) is 0 Å². The molecule has 0 bridgehead atoms. The van der Waals surface area contributed by atoms with Crippen LogP contribution in [0.2, 0.25) is 0 Å². The van der Waals surface area contributed by atoms with E-state index in [1.807, 2.05) is 26.0 Å². The van der Waals surface area contributed by atoms with Crippen LogP contribution in [0.25, 0.3) is 0 Å². The van der Waals surface area contributed by atoms with E-state index in [-0.39, 0.29) is 60.5 Å². The number of ether oxygens (including phenoxy) is 4. The van der Waals surface area contributed by atoms with Crippen LogP contribution in [0.15, 0.2) is 54.7 Å². The Bertz CT molecular complexity index is 1450. The van der Waals surface area contributed by atoms with E-state index in [2.05, 4.69) is 33.9 Å². The van der Waals surface area contributed by atoms with E-state index >= 15 is 0 Å². The molecule has 14 nitrogen and oxygen atoms in total. The van der Waals surface area contributed by atoms with Gasteiger partial charge in [0, 0.05) is 43.9 Å². The van der Waals surface area contributed by atoms with Crippen molar-refractivity contribution in [2.24, 2.45) is 5.92 Å². The van der Waals surface area contributed by atoms with Crippen LogP contribution in [0.5, 0.6) is 0 Å². The number of hydrogen-bond acceptors (Lipinski definition) is 10. The summed E-state index contributed by atoms with van der Waals surface area (Å²) in [6, 6.07) is -0.415. The van der Waals surface area contributed by atoms with Gasteiger partial charge >= 0.3 is 12.0 Å². The number of aliphatic hydroxyl groups is 1. The van der Waals surface area contributed by atoms with Gasteiger partial charge in [-0.3, -0.25) is 19.0 Å². The van der Waals surface area contributed by atoms with Gasteiger partial charge in [-0.2, -0.15) is 0 Å². The van der Waals surface area contributed by atoms with Crippen LogP contribution in [0, 0.1) is 5.92 Å². The lowest BCUT2D eigenvalue weighted by Crippen LogP contribution is -2.55. The Balaban J connectivity index is 1.05.